The van der Waals surface area contributed by atoms with Gasteiger partial charge in [-0.1, -0.05) is 19.3 Å². The van der Waals surface area contributed by atoms with Crippen molar-refractivity contribution in [1.82, 2.24) is 10.6 Å². The highest BCUT2D eigenvalue weighted by Gasteiger charge is 2.58. The number of rotatable bonds is 4. The van der Waals surface area contributed by atoms with Crippen molar-refractivity contribution in [3.8, 4) is 0 Å². The molecule has 140 valence electrons. The molecule has 0 radical (unpaired) electrons. The summed E-state index contributed by atoms with van der Waals surface area (Å²) in [4.78, 5) is 25.0. The van der Waals surface area contributed by atoms with E-state index < -0.39 is 0 Å². The van der Waals surface area contributed by atoms with Gasteiger partial charge in [0.15, 0.2) is 0 Å². The van der Waals surface area contributed by atoms with Gasteiger partial charge in [-0.2, -0.15) is 0 Å². The topological polar surface area (TPSA) is 70.2 Å². The van der Waals surface area contributed by atoms with E-state index in [0.717, 1.165) is 50.0 Å². The third-order valence-corrected chi connectivity index (χ3v) is 6.47. The molecule has 3 fully saturated rings. The van der Waals surface area contributed by atoms with Gasteiger partial charge in [0.05, 0.1) is 0 Å². The van der Waals surface area contributed by atoms with E-state index >= 15 is 0 Å². The summed E-state index contributed by atoms with van der Waals surface area (Å²) in [7, 11) is 0. The second-order valence-electron chi connectivity index (χ2n) is 8.37. The quantitative estimate of drug-likeness (QED) is 0.778. The molecule has 1 saturated heterocycles. The van der Waals surface area contributed by atoms with Crippen molar-refractivity contribution < 1.29 is 9.59 Å². The molecule has 26 heavy (non-hydrogen) atoms. The first kappa shape index (κ1) is 17.5. The first-order chi connectivity index (χ1) is 12.6. The van der Waals surface area contributed by atoms with Crippen molar-refractivity contribution in [3.05, 3.63) is 29.3 Å². The predicted octanol–water partition coefficient (Wildman–Crippen LogP) is 3.00. The molecular formula is C21H29N3O2. The molecule has 2 atom stereocenters. The van der Waals surface area contributed by atoms with Crippen LogP contribution in [0, 0.1) is 18.3 Å². The summed E-state index contributed by atoms with van der Waals surface area (Å²) in [6.45, 7) is 3.94. The number of benzene rings is 1. The first-order valence-electron chi connectivity index (χ1n) is 10.0. The van der Waals surface area contributed by atoms with Gasteiger partial charge in [0.25, 0.3) is 5.91 Å². The van der Waals surface area contributed by atoms with Crippen LogP contribution < -0.4 is 16.0 Å². The van der Waals surface area contributed by atoms with Crippen molar-refractivity contribution in [2.24, 2.45) is 11.3 Å². The molecule has 2 amide bonds. The minimum atomic E-state index is -0.00366. The molecule has 3 aliphatic rings. The first-order valence-corrected chi connectivity index (χ1v) is 10.0. The van der Waals surface area contributed by atoms with Gasteiger partial charge in [0.2, 0.25) is 5.91 Å². The number of hydrogen-bond donors (Lipinski definition) is 3. The van der Waals surface area contributed by atoms with Crippen LogP contribution in [0.1, 0.15) is 60.9 Å². The fourth-order valence-electron chi connectivity index (χ4n) is 4.63. The van der Waals surface area contributed by atoms with Crippen LogP contribution in [-0.4, -0.2) is 30.9 Å². The summed E-state index contributed by atoms with van der Waals surface area (Å²) in [6.07, 6.45) is 7.93. The highest BCUT2D eigenvalue weighted by molar-refractivity contribution is 5.98. The molecule has 1 spiro atoms. The molecule has 4 rings (SSSR count). The van der Waals surface area contributed by atoms with Crippen LogP contribution in [0.25, 0.3) is 0 Å². The fraction of sp³-hybridized carbons (Fsp3) is 0.619. The average molecular weight is 355 g/mol. The van der Waals surface area contributed by atoms with Crippen LogP contribution >= 0.6 is 0 Å². The average Bonchev–Trinajstić information content (AvgIpc) is 3.14. The Balaban J connectivity index is 1.36. The number of amides is 2. The van der Waals surface area contributed by atoms with Crippen LogP contribution in [0.15, 0.2) is 18.2 Å². The minimum Gasteiger partial charge on any atom is -0.349 e. The van der Waals surface area contributed by atoms with Gasteiger partial charge in [-0.15, -0.1) is 0 Å². The van der Waals surface area contributed by atoms with E-state index in [2.05, 4.69) is 16.0 Å². The Morgan fingerprint density at radius 2 is 2.00 bits per heavy atom. The Morgan fingerprint density at radius 3 is 2.69 bits per heavy atom. The smallest absolute Gasteiger partial charge is 0.251 e. The number of hydrogen-bond acceptors (Lipinski definition) is 3. The lowest BCUT2D eigenvalue weighted by Crippen LogP contribution is -2.36. The summed E-state index contributed by atoms with van der Waals surface area (Å²) >= 11 is 0. The molecule has 1 aromatic rings. The molecule has 1 heterocycles. The molecule has 5 heteroatoms. The predicted molar refractivity (Wildman–Crippen MR) is 102 cm³/mol. The van der Waals surface area contributed by atoms with Crippen LogP contribution in [0.5, 0.6) is 0 Å². The number of carbonyl (C=O) groups is 2. The standard InChI is InChI=1S/C21H29N3O2/c1-14-11-15(19(25)23-16-5-3-2-4-6-16)7-8-18(14)24-20(26)17-12-21(17)9-10-22-13-21/h7-8,11,16-17,22H,2-6,9-10,12-13H2,1H3,(H,23,25)(H,24,26). The molecule has 5 nitrogen and oxygen atoms in total. The van der Waals surface area contributed by atoms with E-state index in [1.807, 2.05) is 25.1 Å². The third kappa shape index (κ3) is 3.50. The van der Waals surface area contributed by atoms with Crippen molar-refractivity contribution in [3.63, 3.8) is 0 Å². The van der Waals surface area contributed by atoms with E-state index in [-0.39, 0.29) is 23.1 Å². The van der Waals surface area contributed by atoms with E-state index in [4.69, 9.17) is 0 Å². The summed E-state index contributed by atoms with van der Waals surface area (Å²) in [5.74, 6) is 0.249. The van der Waals surface area contributed by atoms with E-state index in [1.165, 1.54) is 19.3 Å². The zero-order valence-electron chi connectivity index (χ0n) is 15.6. The number of carbonyl (C=O) groups excluding carboxylic acids is 2. The lowest BCUT2D eigenvalue weighted by atomic mass is 9.95. The van der Waals surface area contributed by atoms with Gasteiger partial charge in [0.1, 0.15) is 0 Å². The monoisotopic (exact) mass is 355 g/mol. The molecule has 2 aliphatic carbocycles. The highest BCUT2D eigenvalue weighted by Crippen LogP contribution is 2.56. The lowest BCUT2D eigenvalue weighted by Gasteiger charge is -2.23. The summed E-state index contributed by atoms with van der Waals surface area (Å²) < 4.78 is 0. The van der Waals surface area contributed by atoms with Gasteiger partial charge in [-0.3, -0.25) is 9.59 Å². The maximum Gasteiger partial charge on any atom is 0.251 e. The van der Waals surface area contributed by atoms with Crippen molar-refractivity contribution in [2.45, 2.75) is 57.9 Å². The molecular weight excluding hydrogens is 326 g/mol. The normalized spacial score (nSPS) is 28.1. The fourth-order valence-corrected chi connectivity index (χ4v) is 4.63. The zero-order valence-corrected chi connectivity index (χ0v) is 15.6. The number of anilines is 1. The van der Waals surface area contributed by atoms with E-state index in [1.54, 1.807) is 0 Å². The molecule has 0 aromatic heterocycles. The Bertz CT molecular complexity index is 703. The molecule has 1 aliphatic heterocycles. The third-order valence-electron chi connectivity index (χ3n) is 6.47. The Kier molecular flexibility index (Phi) is 4.74. The number of nitrogens with one attached hydrogen (secondary N) is 3. The molecule has 0 bridgehead atoms. The Labute approximate surface area is 155 Å². The van der Waals surface area contributed by atoms with Crippen molar-refractivity contribution in [2.75, 3.05) is 18.4 Å². The van der Waals surface area contributed by atoms with Gasteiger partial charge in [-0.25, -0.2) is 0 Å². The van der Waals surface area contributed by atoms with E-state index in [0.29, 0.717) is 11.6 Å². The van der Waals surface area contributed by atoms with Gasteiger partial charge < -0.3 is 16.0 Å². The summed E-state index contributed by atoms with van der Waals surface area (Å²) in [5, 5.41) is 9.59. The molecule has 2 saturated carbocycles. The van der Waals surface area contributed by atoms with Crippen molar-refractivity contribution in [1.29, 1.82) is 0 Å². The highest BCUT2D eigenvalue weighted by atomic mass is 16.2. The van der Waals surface area contributed by atoms with Gasteiger partial charge >= 0.3 is 0 Å². The lowest BCUT2D eigenvalue weighted by molar-refractivity contribution is -0.118. The second-order valence-corrected chi connectivity index (χ2v) is 8.37. The molecule has 1 aromatic carbocycles. The van der Waals surface area contributed by atoms with Gasteiger partial charge in [-0.05, 0) is 68.3 Å². The maximum absolute atomic E-state index is 12.6. The van der Waals surface area contributed by atoms with Crippen LogP contribution in [0.4, 0.5) is 5.69 Å². The summed E-state index contributed by atoms with van der Waals surface area (Å²) in [5.41, 5.74) is 2.64. The second kappa shape index (κ2) is 7.03. The van der Waals surface area contributed by atoms with Crippen LogP contribution in [0.3, 0.4) is 0 Å². The van der Waals surface area contributed by atoms with Gasteiger partial charge in [0, 0.05) is 29.8 Å². The Hall–Kier alpha value is -1.88. The summed E-state index contributed by atoms with van der Waals surface area (Å²) in [6, 6.07) is 5.88. The SMILES string of the molecule is Cc1cc(C(=O)NC2CCCCC2)ccc1NC(=O)C1CC12CCNC2. The molecule has 2 unspecified atom stereocenters. The van der Waals surface area contributed by atoms with Crippen LogP contribution in [0.2, 0.25) is 0 Å². The van der Waals surface area contributed by atoms with Crippen LogP contribution in [-0.2, 0) is 4.79 Å². The van der Waals surface area contributed by atoms with E-state index in [9.17, 15) is 9.59 Å². The zero-order chi connectivity index (χ0) is 18.1. The largest absolute Gasteiger partial charge is 0.349 e. The number of aryl methyl sites for hydroxylation is 1. The van der Waals surface area contributed by atoms with Crippen molar-refractivity contribution >= 4 is 17.5 Å². The maximum atomic E-state index is 12.6. The molecule has 3 N–H and O–H groups in total. The minimum absolute atomic E-state index is 0.00366. The Morgan fingerprint density at radius 1 is 1.19 bits per heavy atom.